The molecule has 0 radical (unpaired) electrons. The molecule has 16 heteroatoms. The van der Waals surface area contributed by atoms with Gasteiger partial charge in [-0.3, -0.25) is 9.47 Å². The third-order valence-corrected chi connectivity index (χ3v) is 7.70. The lowest BCUT2D eigenvalue weighted by atomic mass is 10.1. The number of carbonyl (C=O) groups is 1. The van der Waals surface area contributed by atoms with E-state index in [9.17, 15) is 18.0 Å². The molecule has 2 amide bonds. The average molecular weight is 627 g/mol. The molecule has 4 heterocycles. The van der Waals surface area contributed by atoms with E-state index in [4.69, 9.17) is 31.5 Å². The minimum absolute atomic E-state index is 0.0120. The second kappa shape index (κ2) is 12.0. The van der Waals surface area contributed by atoms with Crippen LogP contribution in [0.5, 0.6) is 0 Å². The minimum Gasteiger partial charge on any atom is -0.382 e. The zero-order chi connectivity index (χ0) is 31.1. The van der Waals surface area contributed by atoms with Gasteiger partial charge < -0.3 is 30.6 Å². The van der Waals surface area contributed by atoms with E-state index in [1.54, 1.807) is 10.9 Å². The van der Waals surface area contributed by atoms with Crippen LogP contribution in [0.2, 0.25) is 5.02 Å². The SMILES string of the molecule is CC(C)N(CCCNC(=O)Nc1ccc(Cl)c(C(F)(F)F)c1)C[C@H]1OC(n2cnc3c(N)ncnc32)[C@@H]2OC(C)(C)O[C@H]12. The number of amides is 2. The molecule has 0 bridgehead atoms. The smallest absolute Gasteiger partial charge is 0.382 e. The second-order valence-corrected chi connectivity index (χ2v) is 11.6. The van der Waals surface area contributed by atoms with Gasteiger partial charge in [-0.25, -0.2) is 19.7 Å². The Morgan fingerprint density at radius 3 is 2.67 bits per heavy atom. The molecule has 1 unspecified atom stereocenters. The largest absolute Gasteiger partial charge is 0.417 e. The van der Waals surface area contributed by atoms with Crippen molar-refractivity contribution in [2.24, 2.45) is 0 Å². The summed E-state index contributed by atoms with van der Waals surface area (Å²) < 4.78 is 60.2. The molecule has 0 spiro atoms. The first-order valence-electron chi connectivity index (χ1n) is 13.8. The van der Waals surface area contributed by atoms with E-state index in [0.717, 1.165) is 12.1 Å². The van der Waals surface area contributed by atoms with E-state index in [1.807, 2.05) is 13.8 Å². The van der Waals surface area contributed by atoms with Crippen molar-refractivity contribution in [3.8, 4) is 0 Å². The van der Waals surface area contributed by atoms with Crippen molar-refractivity contribution >= 4 is 40.3 Å². The second-order valence-electron chi connectivity index (χ2n) is 11.2. The molecule has 43 heavy (non-hydrogen) atoms. The van der Waals surface area contributed by atoms with Crippen molar-refractivity contribution in [1.29, 1.82) is 0 Å². The predicted molar refractivity (Wildman–Crippen MR) is 152 cm³/mol. The highest BCUT2D eigenvalue weighted by molar-refractivity contribution is 6.31. The highest BCUT2D eigenvalue weighted by Gasteiger charge is 2.56. The number of imidazole rings is 1. The number of nitrogens with one attached hydrogen (secondary N) is 2. The number of alkyl halides is 3. The molecule has 2 saturated heterocycles. The Kier molecular flexibility index (Phi) is 8.73. The fourth-order valence-electron chi connectivity index (χ4n) is 5.36. The van der Waals surface area contributed by atoms with Gasteiger partial charge in [-0.15, -0.1) is 0 Å². The number of hydrogen-bond donors (Lipinski definition) is 3. The molecule has 4 atom stereocenters. The molecule has 2 aliphatic rings. The number of ether oxygens (including phenoxy) is 3. The van der Waals surface area contributed by atoms with Gasteiger partial charge >= 0.3 is 12.2 Å². The molecule has 5 rings (SSSR count). The third kappa shape index (κ3) is 6.80. The van der Waals surface area contributed by atoms with Crippen LogP contribution < -0.4 is 16.4 Å². The number of carbonyl (C=O) groups excluding carboxylic acids is 1. The number of hydrogen-bond acceptors (Lipinski definition) is 9. The maximum atomic E-state index is 13.1. The number of urea groups is 1. The van der Waals surface area contributed by atoms with Gasteiger partial charge in [0.25, 0.3) is 0 Å². The number of fused-ring (bicyclic) bond motifs is 2. The van der Waals surface area contributed by atoms with Crippen LogP contribution in [0.3, 0.4) is 0 Å². The highest BCUT2D eigenvalue weighted by Crippen LogP contribution is 2.44. The Bertz CT molecular complexity index is 1470. The van der Waals surface area contributed by atoms with Crippen LogP contribution in [0.15, 0.2) is 30.9 Å². The number of halogens is 4. The Labute approximate surface area is 251 Å². The van der Waals surface area contributed by atoms with Gasteiger partial charge in [0.15, 0.2) is 23.5 Å². The summed E-state index contributed by atoms with van der Waals surface area (Å²) in [6, 6.07) is 2.73. The lowest BCUT2D eigenvalue weighted by Gasteiger charge is -2.31. The van der Waals surface area contributed by atoms with Crippen LogP contribution in [0.4, 0.5) is 29.5 Å². The van der Waals surface area contributed by atoms with Crippen LogP contribution in [0.25, 0.3) is 11.2 Å². The van der Waals surface area contributed by atoms with Crippen molar-refractivity contribution in [2.75, 3.05) is 30.7 Å². The number of rotatable bonds is 9. The fourth-order valence-corrected chi connectivity index (χ4v) is 5.58. The monoisotopic (exact) mass is 626 g/mol. The molecular weight excluding hydrogens is 593 g/mol. The Hall–Kier alpha value is -3.24. The maximum Gasteiger partial charge on any atom is 0.417 e. The van der Waals surface area contributed by atoms with Crippen molar-refractivity contribution < 1.29 is 32.2 Å². The van der Waals surface area contributed by atoms with Gasteiger partial charge in [0.2, 0.25) is 0 Å². The number of nitrogen functional groups attached to an aromatic ring is 1. The van der Waals surface area contributed by atoms with Gasteiger partial charge in [-0.05, 0) is 52.3 Å². The summed E-state index contributed by atoms with van der Waals surface area (Å²) >= 11 is 5.65. The summed E-state index contributed by atoms with van der Waals surface area (Å²) in [6.07, 6.45) is -2.74. The molecule has 2 fully saturated rings. The molecule has 2 aliphatic heterocycles. The topological polar surface area (TPSA) is 142 Å². The number of nitrogens with two attached hydrogens (primary N) is 1. The van der Waals surface area contributed by atoms with Crippen LogP contribution in [-0.2, 0) is 20.4 Å². The van der Waals surface area contributed by atoms with E-state index in [2.05, 4.69) is 44.3 Å². The molecule has 1 aromatic carbocycles. The molecule has 234 valence electrons. The van der Waals surface area contributed by atoms with Gasteiger partial charge in [0.1, 0.15) is 30.2 Å². The quantitative estimate of drug-likeness (QED) is 0.294. The average Bonchev–Trinajstić information content (AvgIpc) is 3.58. The third-order valence-electron chi connectivity index (χ3n) is 7.37. The Morgan fingerprint density at radius 1 is 1.21 bits per heavy atom. The summed E-state index contributed by atoms with van der Waals surface area (Å²) in [6.45, 7) is 9.26. The van der Waals surface area contributed by atoms with E-state index < -0.39 is 40.9 Å². The van der Waals surface area contributed by atoms with Gasteiger partial charge in [-0.1, -0.05) is 11.6 Å². The maximum absolute atomic E-state index is 13.1. The van der Waals surface area contributed by atoms with E-state index >= 15 is 0 Å². The van der Waals surface area contributed by atoms with E-state index in [0.29, 0.717) is 37.2 Å². The summed E-state index contributed by atoms with van der Waals surface area (Å²) in [4.78, 5) is 27.3. The molecule has 2 aromatic heterocycles. The van der Waals surface area contributed by atoms with E-state index in [-0.39, 0.29) is 29.8 Å². The first-order valence-corrected chi connectivity index (χ1v) is 14.2. The number of nitrogens with zero attached hydrogens (tertiary/aromatic N) is 5. The highest BCUT2D eigenvalue weighted by atomic mass is 35.5. The fraction of sp³-hybridized carbons (Fsp3) is 0.556. The molecule has 4 N–H and O–H groups in total. The van der Waals surface area contributed by atoms with Crippen LogP contribution in [0.1, 0.15) is 45.9 Å². The van der Waals surface area contributed by atoms with Crippen molar-refractivity contribution in [3.05, 3.63) is 41.4 Å². The number of benzene rings is 1. The van der Waals surface area contributed by atoms with Crippen LogP contribution in [-0.4, -0.2) is 80.2 Å². The lowest BCUT2D eigenvalue weighted by molar-refractivity contribution is -0.198. The summed E-state index contributed by atoms with van der Waals surface area (Å²) in [5.74, 6) is -0.545. The normalized spacial score (nSPS) is 23.3. The molecule has 12 nitrogen and oxygen atoms in total. The molecule has 3 aromatic rings. The predicted octanol–water partition coefficient (Wildman–Crippen LogP) is 4.42. The summed E-state index contributed by atoms with van der Waals surface area (Å²) in [5, 5.41) is 4.67. The van der Waals surface area contributed by atoms with Gasteiger partial charge in [-0.2, -0.15) is 13.2 Å². The zero-order valence-electron chi connectivity index (χ0n) is 24.1. The Balaban J connectivity index is 1.19. The lowest BCUT2D eigenvalue weighted by Crippen LogP contribution is -2.44. The first-order chi connectivity index (χ1) is 20.2. The standard InChI is InChI=1S/C27H34ClF3N8O4/c1-14(2)38(9-5-8-33-25(40)37-15-6-7-17(28)16(10-15)27(29,30)31)11-18-20-21(43-26(3,4)42-20)24(41-18)39-13-36-19-22(32)34-12-35-23(19)39/h6-7,10,12-14,18,20-21,24H,5,8-9,11H2,1-4H3,(H2,32,34,35)(H2,33,37,40)/t18-,20-,21-,24?/m1/s1. The van der Waals surface area contributed by atoms with Crippen molar-refractivity contribution in [1.82, 2.24) is 29.7 Å². The zero-order valence-corrected chi connectivity index (χ0v) is 24.8. The van der Waals surface area contributed by atoms with Crippen molar-refractivity contribution in [2.45, 2.75) is 76.7 Å². The van der Waals surface area contributed by atoms with Gasteiger partial charge in [0.05, 0.1) is 16.9 Å². The Morgan fingerprint density at radius 2 is 1.95 bits per heavy atom. The van der Waals surface area contributed by atoms with Crippen LogP contribution in [0, 0.1) is 0 Å². The molecular formula is C27H34ClF3N8O4. The van der Waals surface area contributed by atoms with E-state index in [1.165, 1.54) is 12.4 Å². The molecule has 0 saturated carbocycles. The number of anilines is 2. The minimum atomic E-state index is -4.63. The summed E-state index contributed by atoms with van der Waals surface area (Å²) in [7, 11) is 0. The first kappa shape index (κ1) is 31.2. The van der Waals surface area contributed by atoms with Gasteiger partial charge in [0, 0.05) is 31.4 Å². The van der Waals surface area contributed by atoms with Crippen molar-refractivity contribution in [3.63, 3.8) is 0 Å². The molecule has 0 aliphatic carbocycles. The summed E-state index contributed by atoms with van der Waals surface area (Å²) in [5.41, 5.74) is 5.96. The number of aromatic nitrogens is 4. The van der Waals surface area contributed by atoms with Crippen LogP contribution >= 0.6 is 11.6 Å².